The number of aromatic nitrogens is 2. The number of nitrogens with zero attached hydrogens (tertiary/aromatic N) is 2. The van der Waals surface area contributed by atoms with Gasteiger partial charge in [-0.3, -0.25) is 9.12 Å². The van der Waals surface area contributed by atoms with Crippen LogP contribution in [0.3, 0.4) is 0 Å². The van der Waals surface area contributed by atoms with Gasteiger partial charge >= 0.3 is 0 Å². The molecule has 0 spiro atoms. The number of imidazole rings is 1. The predicted molar refractivity (Wildman–Crippen MR) is 92.8 cm³/mol. The van der Waals surface area contributed by atoms with Gasteiger partial charge in [-0.2, -0.15) is 8.42 Å². The average Bonchev–Trinajstić information content (AvgIpc) is 2.91. The Bertz CT molecular complexity index is 933. The first-order valence-corrected chi connectivity index (χ1v) is 9.60. The molecule has 9 heteroatoms. The number of aryl methyl sites for hydroxylation is 1. The molecule has 1 N–H and O–H groups in total. The van der Waals surface area contributed by atoms with Crippen LogP contribution in [0.2, 0.25) is 5.15 Å². The number of halogens is 2. The van der Waals surface area contributed by atoms with E-state index in [-0.39, 0.29) is 10.2 Å². The lowest BCUT2D eigenvalue weighted by Crippen LogP contribution is -2.16. The number of rotatable bonds is 3. The molecule has 2 aromatic heterocycles. The van der Waals surface area contributed by atoms with Crippen molar-refractivity contribution in [1.29, 1.82) is 0 Å². The Morgan fingerprint density at radius 3 is 2.90 bits per heavy atom. The summed E-state index contributed by atoms with van der Waals surface area (Å²) in [6.07, 6.45) is 1.63. The molecule has 1 aromatic carbocycles. The molecule has 0 saturated carbocycles. The third-order valence-electron chi connectivity index (χ3n) is 2.87. The Kier molecular flexibility index (Phi) is 3.89. The van der Waals surface area contributed by atoms with Gasteiger partial charge in [0.05, 0.1) is 5.69 Å². The van der Waals surface area contributed by atoms with E-state index in [4.69, 9.17) is 11.6 Å². The molecular weight excluding hydrogens is 445 g/mol. The molecule has 21 heavy (non-hydrogen) atoms. The maximum absolute atomic E-state index is 12.6. The summed E-state index contributed by atoms with van der Waals surface area (Å²) in [6.45, 7) is 1.85. The van der Waals surface area contributed by atoms with Crippen LogP contribution < -0.4 is 4.72 Å². The SMILES string of the molecule is Cc1cc(I)ccc1NS(=O)(=O)c1c(Cl)nc2sccn12. The predicted octanol–water partition coefficient (Wildman–Crippen LogP) is 3.76. The number of hydrogen-bond donors (Lipinski definition) is 1. The molecule has 0 bridgehead atoms. The number of sulfonamides is 1. The summed E-state index contributed by atoms with van der Waals surface area (Å²) in [5.41, 5.74) is 1.37. The molecule has 0 aliphatic rings. The van der Waals surface area contributed by atoms with Gasteiger partial charge in [0.15, 0.2) is 15.1 Å². The highest BCUT2D eigenvalue weighted by atomic mass is 127. The Morgan fingerprint density at radius 1 is 1.43 bits per heavy atom. The zero-order chi connectivity index (χ0) is 15.2. The monoisotopic (exact) mass is 453 g/mol. The van der Waals surface area contributed by atoms with Crippen LogP contribution in [0, 0.1) is 10.5 Å². The minimum Gasteiger partial charge on any atom is -0.278 e. The fourth-order valence-electron chi connectivity index (χ4n) is 1.91. The Balaban J connectivity index is 2.08. The van der Waals surface area contributed by atoms with Crippen molar-refractivity contribution in [3.05, 3.63) is 44.1 Å². The van der Waals surface area contributed by atoms with Gasteiger partial charge in [-0.1, -0.05) is 11.6 Å². The van der Waals surface area contributed by atoms with Gasteiger partial charge in [-0.25, -0.2) is 4.98 Å². The maximum atomic E-state index is 12.6. The van der Waals surface area contributed by atoms with Crippen LogP contribution in [0.15, 0.2) is 34.8 Å². The molecule has 3 rings (SSSR count). The summed E-state index contributed by atoms with van der Waals surface area (Å²) in [4.78, 5) is 4.59. The highest BCUT2D eigenvalue weighted by Gasteiger charge is 2.25. The van der Waals surface area contributed by atoms with Crippen molar-refractivity contribution in [2.24, 2.45) is 0 Å². The quantitative estimate of drug-likeness (QED) is 0.614. The number of fused-ring (bicyclic) bond motifs is 1. The van der Waals surface area contributed by atoms with E-state index in [9.17, 15) is 8.42 Å². The Hall–Kier alpha value is -0.840. The van der Waals surface area contributed by atoms with Gasteiger partial charge in [0.2, 0.25) is 0 Å². The molecule has 0 aliphatic heterocycles. The Morgan fingerprint density at radius 2 is 2.19 bits per heavy atom. The molecule has 110 valence electrons. The highest BCUT2D eigenvalue weighted by molar-refractivity contribution is 14.1. The van der Waals surface area contributed by atoms with Crippen LogP contribution in [-0.4, -0.2) is 17.8 Å². The van der Waals surface area contributed by atoms with E-state index in [1.165, 1.54) is 15.7 Å². The standard InChI is InChI=1S/C12H9ClIN3O2S2/c1-7-6-8(14)2-3-9(7)16-21(18,19)11-10(13)15-12-17(11)4-5-20-12/h2-6,16H,1H3. The molecule has 0 saturated heterocycles. The number of hydrogen-bond acceptors (Lipinski definition) is 4. The van der Waals surface area contributed by atoms with Crippen molar-refractivity contribution in [2.45, 2.75) is 11.9 Å². The normalized spacial score (nSPS) is 12.0. The largest absolute Gasteiger partial charge is 0.281 e. The molecule has 2 heterocycles. The van der Waals surface area contributed by atoms with Gasteiger partial charge < -0.3 is 0 Å². The summed E-state index contributed by atoms with van der Waals surface area (Å²) in [5.74, 6) is 0. The van der Waals surface area contributed by atoms with E-state index in [1.54, 1.807) is 17.6 Å². The molecule has 0 atom stereocenters. The van der Waals surface area contributed by atoms with Crippen LogP contribution in [-0.2, 0) is 10.0 Å². The second kappa shape index (κ2) is 5.41. The zero-order valence-electron chi connectivity index (χ0n) is 10.7. The lowest BCUT2D eigenvalue weighted by molar-refractivity contribution is 0.596. The molecule has 0 amide bonds. The third-order valence-corrected chi connectivity index (χ3v) is 6.06. The second-order valence-electron chi connectivity index (χ2n) is 4.33. The van der Waals surface area contributed by atoms with Gasteiger partial charge in [-0.15, -0.1) is 11.3 Å². The molecule has 0 fully saturated rings. The number of benzene rings is 1. The van der Waals surface area contributed by atoms with Crippen LogP contribution in [0.4, 0.5) is 5.69 Å². The van der Waals surface area contributed by atoms with E-state index in [2.05, 4.69) is 32.3 Å². The van der Waals surface area contributed by atoms with E-state index in [0.29, 0.717) is 10.6 Å². The number of anilines is 1. The molecular formula is C12H9ClIN3O2S2. The second-order valence-corrected chi connectivity index (χ2v) is 8.40. The summed E-state index contributed by atoms with van der Waals surface area (Å²) < 4.78 is 30.2. The topological polar surface area (TPSA) is 63.5 Å². The first-order valence-electron chi connectivity index (χ1n) is 5.78. The van der Waals surface area contributed by atoms with E-state index in [0.717, 1.165) is 9.13 Å². The van der Waals surface area contributed by atoms with Crippen molar-refractivity contribution < 1.29 is 8.42 Å². The summed E-state index contributed by atoms with van der Waals surface area (Å²) in [7, 11) is -3.81. The van der Waals surface area contributed by atoms with Crippen molar-refractivity contribution in [3.63, 3.8) is 0 Å². The first kappa shape index (κ1) is 15.1. The van der Waals surface area contributed by atoms with Gasteiger partial charge in [-0.05, 0) is 53.3 Å². The Labute approximate surface area is 144 Å². The third kappa shape index (κ3) is 2.77. The molecule has 0 aliphatic carbocycles. The number of thiazole rings is 1. The fourth-order valence-corrected chi connectivity index (χ4v) is 5.15. The van der Waals surface area contributed by atoms with Crippen molar-refractivity contribution in [3.8, 4) is 0 Å². The summed E-state index contributed by atoms with van der Waals surface area (Å²) in [5, 5.41) is 1.68. The highest BCUT2D eigenvalue weighted by Crippen LogP contribution is 2.28. The number of nitrogens with one attached hydrogen (secondary N) is 1. The summed E-state index contributed by atoms with van der Waals surface area (Å²) in [6, 6.07) is 5.47. The van der Waals surface area contributed by atoms with Crippen LogP contribution >= 0.6 is 45.5 Å². The fraction of sp³-hybridized carbons (Fsp3) is 0.0833. The minimum atomic E-state index is -3.81. The minimum absolute atomic E-state index is 0.0301. The van der Waals surface area contributed by atoms with Crippen molar-refractivity contribution in [2.75, 3.05) is 4.72 Å². The van der Waals surface area contributed by atoms with Crippen LogP contribution in [0.1, 0.15) is 5.56 Å². The van der Waals surface area contributed by atoms with Gasteiger partial charge in [0.25, 0.3) is 10.0 Å². The van der Waals surface area contributed by atoms with Crippen molar-refractivity contribution in [1.82, 2.24) is 9.38 Å². The average molecular weight is 454 g/mol. The van der Waals surface area contributed by atoms with Gasteiger partial charge in [0, 0.05) is 15.1 Å². The van der Waals surface area contributed by atoms with E-state index < -0.39 is 10.0 Å². The molecule has 0 radical (unpaired) electrons. The lowest BCUT2D eigenvalue weighted by Gasteiger charge is -2.10. The maximum Gasteiger partial charge on any atom is 0.281 e. The van der Waals surface area contributed by atoms with Crippen molar-refractivity contribution >= 4 is 66.2 Å². The van der Waals surface area contributed by atoms with E-state index >= 15 is 0 Å². The molecule has 5 nitrogen and oxygen atoms in total. The molecule has 0 unspecified atom stereocenters. The van der Waals surface area contributed by atoms with Gasteiger partial charge in [0.1, 0.15) is 0 Å². The van der Waals surface area contributed by atoms with Crippen LogP contribution in [0.25, 0.3) is 4.96 Å². The molecule has 3 aromatic rings. The van der Waals surface area contributed by atoms with Crippen LogP contribution in [0.5, 0.6) is 0 Å². The summed E-state index contributed by atoms with van der Waals surface area (Å²) >= 11 is 9.48. The zero-order valence-corrected chi connectivity index (χ0v) is 15.2. The smallest absolute Gasteiger partial charge is 0.278 e. The first-order chi connectivity index (χ1) is 9.88. The lowest BCUT2D eigenvalue weighted by atomic mass is 10.2. The van der Waals surface area contributed by atoms with E-state index in [1.807, 2.05) is 19.1 Å².